The van der Waals surface area contributed by atoms with Crippen LogP contribution in [0.3, 0.4) is 0 Å². The average molecular weight is 265 g/mol. The molecular weight excluding hydrogens is 234 g/mol. The molecule has 110 valence electrons. The lowest BCUT2D eigenvalue weighted by molar-refractivity contribution is -0.136. The molecule has 2 unspecified atom stereocenters. The van der Waals surface area contributed by atoms with Gasteiger partial charge in [-0.05, 0) is 50.4 Å². The molecule has 0 amide bonds. The van der Waals surface area contributed by atoms with E-state index in [0.29, 0.717) is 18.2 Å². The molecule has 0 aromatic carbocycles. The van der Waals surface area contributed by atoms with Crippen LogP contribution >= 0.6 is 0 Å². The van der Waals surface area contributed by atoms with E-state index in [-0.39, 0.29) is 5.41 Å². The molecule has 2 aliphatic rings. The minimum Gasteiger partial charge on any atom is -0.329 e. The van der Waals surface area contributed by atoms with Gasteiger partial charge in [0.25, 0.3) is 0 Å². The van der Waals surface area contributed by atoms with Gasteiger partial charge in [-0.3, -0.25) is 4.79 Å². The van der Waals surface area contributed by atoms with Gasteiger partial charge in [0, 0.05) is 17.9 Å². The van der Waals surface area contributed by atoms with E-state index in [0.717, 1.165) is 37.5 Å². The molecule has 2 nitrogen and oxygen atoms in total. The van der Waals surface area contributed by atoms with E-state index in [1.807, 2.05) is 0 Å². The van der Waals surface area contributed by atoms with Crippen molar-refractivity contribution in [1.82, 2.24) is 0 Å². The summed E-state index contributed by atoms with van der Waals surface area (Å²) in [5.74, 6) is 2.40. The van der Waals surface area contributed by atoms with Gasteiger partial charge in [-0.25, -0.2) is 0 Å². The Hall–Kier alpha value is -0.370. The second kappa shape index (κ2) is 6.39. The second-order valence-electron chi connectivity index (χ2n) is 7.17. The normalized spacial score (nSPS) is 40.1. The molecule has 0 saturated heterocycles. The number of hydrogen-bond acceptors (Lipinski definition) is 2. The van der Waals surface area contributed by atoms with E-state index in [2.05, 4.69) is 13.8 Å². The molecule has 0 aromatic heterocycles. The van der Waals surface area contributed by atoms with Crippen molar-refractivity contribution in [3.05, 3.63) is 0 Å². The van der Waals surface area contributed by atoms with Gasteiger partial charge in [-0.2, -0.15) is 0 Å². The van der Waals surface area contributed by atoms with Gasteiger partial charge in [0.05, 0.1) is 0 Å². The summed E-state index contributed by atoms with van der Waals surface area (Å²) in [7, 11) is 0. The fraction of sp³-hybridized carbons (Fsp3) is 0.941. The molecule has 0 spiro atoms. The van der Waals surface area contributed by atoms with Crippen molar-refractivity contribution in [1.29, 1.82) is 0 Å². The SMILES string of the molecule is CCC1CCCC(C(=O)C2(CN)CCC(C)CC2)C1. The van der Waals surface area contributed by atoms with E-state index >= 15 is 0 Å². The highest BCUT2D eigenvalue weighted by molar-refractivity contribution is 5.87. The zero-order valence-corrected chi connectivity index (χ0v) is 12.8. The molecular formula is C17H31NO. The van der Waals surface area contributed by atoms with E-state index in [1.54, 1.807) is 0 Å². The van der Waals surface area contributed by atoms with Crippen LogP contribution < -0.4 is 5.73 Å². The van der Waals surface area contributed by atoms with E-state index in [1.165, 1.54) is 32.1 Å². The lowest BCUT2D eigenvalue weighted by Gasteiger charge is -2.41. The molecule has 2 N–H and O–H groups in total. The first kappa shape index (κ1) is 15.0. The average Bonchev–Trinajstić information content (AvgIpc) is 2.48. The maximum absolute atomic E-state index is 13.0. The van der Waals surface area contributed by atoms with Crippen LogP contribution in [0.2, 0.25) is 0 Å². The lowest BCUT2D eigenvalue weighted by Crippen LogP contribution is -2.45. The molecule has 0 bridgehead atoms. The van der Waals surface area contributed by atoms with Gasteiger partial charge in [-0.15, -0.1) is 0 Å². The number of carbonyl (C=O) groups excluding carboxylic acids is 1. The molecule has 19 heavy (non-hydrogen) atoms. The minimum absolute atomic E-state index is 0.160. The maximum atomic E-state index is 13.0. The standard InChI is InChI=1S/C17H31NO/c1-3-14-5-4-6-15(11-14)16(19)17(12-18)9-7-13(2)8-10-17/h13-15H,3-12,18H2,1-2H3. The van der Waals surface area contributed by atoms with Crippen molar-refractivity contribution in [2.24, 2.45) is 28.9 Å². The molecule has 0 heterocycles. The molecule has 2 aliphatic carbocycles. The van der Waals surface area contributed by atoms with Gasteiger partial charge < -0.3 is 5.73 Å². The van der Waals surface area contributed by atoms with Crippen LogP contribution in [0.15, 0.2) is 0 Å². The van der Waals surface area contributed by atoms with Crippen molar-refractivity contribution in [3.63, 3.8) is 0 Å². The molecule has 2 heteroatoms. The molecule has 0 radical (unpaired) electrons. The Morgan fingerprint density at radius 1 is 1.21 bits per heavy atom. The number of hydrogen-bond donors (Lipinski definition) is 1. The van der Waals surface area contributed by atoms with E-state index < -0.39 is 0 Å². The molecule has 2 rings (SSSR count). The Balaban J connectivity index is 2.03. The van der Waals surface area contributed by atoms with E-state index in [9.17, 15) is 4.79 Å². The Morgan fingerprint density at radius 2 is 1.89 bits per heavy atom. The van der Waals surface area contributed by atoms with Gasteiger partial charge in [-0.1, -0.05) is 33.1 Å². The van der Waals surface area contributed by atoms with Crippen molar-refractivity contribution in [2.45, 2.75) is 71.6 Å². The smallest absolute Gasteiger partial charge is 0.143 e. The van der Waals surface area contributed by atoms with Crippen LogP contribution in [0.5, 0.6) is 0 Å². The van der Waals surface area contributed by atoms with Crippen molar-refractivity contribution in [3.8, 4) is 0 Å². The third kappa shape index (κ3) is 3.21. The Bertz CT molecular complexity index is 304. The fourth-order valence-electron chi connectivity index (χ4n) is 4.20. The van der Waals surface area contributed by atoms with Crippen molar-refractivity contribution >= 4 is 5.78 Å². The van der Waals surface area contributed by atoms with Gasteiger partial charge >= 0.3 is 0 Å². The first-order valence-corrected chi connectivity index (χ1v) is 8.35. The fourth-order valence-corrected chi connectivity index (χ4v) is 4.20. The van der Waals surface area contributed by atoms with Crippen LogP contribution in [0.25, 0.3) is 0 Å². The van der Waals surface area contributed by atoms with Crippen molar-refractivity contribution < 1.29 is 4.79 Å². The predicted molar refractivity (Wildman–Crippen MR) is 79.9 cm³/mol. The van der Waals surface area contributed by atoms with Gasteiger partial charge in [0.2, 0.25) is 0 Å². The number of carbonyl (C=O) groups is 1. The molecule has 0 aliphatic heterocycles. The Kier molecular flexibility index (Phi) is 5.05. The number of Topliss-reactive ketones (excluding diaryl/α,β-unsaturated/α-hetero) is 1. The summed E-state index contributed by atoms with van der Waals surface area (Å²) in [5, 5.41) is 0. The topological polar surface area (TPSA) is 43.1 Å². The highest BCUT2D eigenvalue weighted by atomic mass is 16.1. The summed E-state index contributed by atoms with van der Waals surface area (Å²) in [6, 6.07) is 0. The predicted octanol–water partition coefficient (Wildman–Crippen LogP) is 3.93. The summed E-state index contributed by atoms with van der Waals surface area (Å²) in [6.45, 7) is 5.14. The molecule has 2 atom stereocenters. The van der Waals surface area contributed by atoms with Crippen LogP contribution in [-0.4, -0.2) is 12.3 Å². The van der Waals surface area contributed by atoms with Crippen LogP contribution in [0, 0.1) is 23.2 Å². The zero-order valence-electron chi connectivity index (χ0n) is 12.8. The first-order valence-electron chi connectivity index (χ1n) is 8.35. The second-order valence-corrected chi connectivity index (χ2v) is 7.17. The summed E-state index contributed by atoms with van der Waals surface area (Å²) < 4.78 is 0. The monoisotopic (exact) mass is 265 g/mol. The Morgan fingerprint density at radius 3 is 2.47 bits per heavy atom. The van der Waals surface area contributed by atoms with Gasteiger partial charge in [0.15, 0.2) is 0 Å². The molecule has 0 aromatic rings. The highest BCUT2D eigenvalue weighted by Gasteiger charge is 2.43. The summed E-state index contributed by atoms with van der Waals surface area (Å²) in [5.41, 5.74) is 5.88. The van der Waals surface area contributed by atoms with Crippen molar-refractivity contribution in [2.75, 3.05) is 6.54 Å². The first-order chi connectivity index (χ1) is 9.11. The zero-order chi connectivity index (χ0) is 13.9. The summed E-state index contributed by atoms with van der Waals surface area (Å²) >= 11 is 0. The maximum Gasteiger partial charge on any atom is 0.143 e. The van der Waals surface area contributed by atoms with E-state index in [4.69, 9.17) is 5.73 Å². The number of rotatable bonds is 4. The highest BCUT2D eigenvalue weighted by Crippen LogP contribution is 2.43. The third-order valence-electron chi connectivity index (χ3n) is 5.88. The van der Waals surface area contributed by atoms with Crippen LogP contribution in [-0.2, 0) is 4.79 Å². The summed E-state index contributed by atoms with van der Waals surface area (Å²) in [4.78, 5) is 13.0. The van der Waals surface area contributed by atoms with Crippen LogP contribution in [0.4, 0.5) is 0 Å². The molecule has 2 saturated carbocycles. The Labute approximate surface area is 118 Å². The summed E-state index contributed by atoms with van der Waals surface area (Å²) in [6.07, 6.45) is 10.5. The lowest BCUT2D eigenvalue weighted by atomic mass is 9.63. The largest absolute Gasteiger partial charge is 0.329 e. The molecule has 2 fully saturated rings. The van der Waals surface area contributed by atoms with Crippen LogP contribution in [0.1, 0.15) is 71.6 Å². The third-order valence-corrected chi connectivity index (χ3v) is 5.88. The van der Waals surface area contributed by atoms with Gasteiger partial charge in [0.1, 0.15) is 5.78 Å². The minimum atomic E-state index is -0.160. The number of ketones is 1. The quantitative estimate of drug-likeness (QED) is 0.837. The number of nitrogens with two attached hydrogens (primary N) is 1.